The second-order valence-corrected chi connectivity index (χ2v) is 4.08. The molecule has 1 unspecified atom stereocenters. The van der Waals surface area contributed by atoms with Crippen molar-refractivity contribution in [2.75, 3.05) is 12.3 Å². The molecule has 0 amide bonds. The molecule has 5 nitrogen and oxygen atoms in total. The Labute approximate surface area is 98.6 Å². The summed E-state index contributed by atoms with van der Waals surface area (Å²) in [4.78, 5) is 4.35. The van der Waals surface area contributed by atoms with Crippen LogP contribution in [0.25, 0.3) is 11.4 Å². The van der Waals surface area contributed by atoms with Gasteiger partial charge in [-0.05, 0) is 37.1 Å². The van der Waals surface area contributed by atoms with E-state index in [-0.39, 0.29) is 6.10 Å². The van der Waals surface area contributed by atoms with Crippen molar-refractivity contribution in [3.63, 3.8) is 0 Å². The molecule has 2 aromatic rings. The van der Waals surface area contributed by atoms with E-state index >= 15 is 0 Å². The van der Waals surface area contributed by atoms with Gasteiger partial charge in [0.25, 0.3) is 5.89 Å². The summed E-state index contributed by atoms with van der Waals surface area (Å²) in [5.41, 5.74) is 7.24. The van der Waals surface area contributed by atoms with E-state index in [1.165, 1.54) is 0 Å². The van der Waals surface area contributed by atoms with Crippen LogP contribution in [0.1, 0.15) is 24.8 Å². The molecule has 0 spiro atoms. The smallest absolute Gasteiger partial charge is 0.256 e. The van der Waals surface area contributed by atoms with Gasteiger partial charge in [-0.2, -0.15) is 4.98 Å². The molecule has 1 saturated heterocycles. The zero-order valence-electron chi connectivity index (χ0n) is 9.30. The van der Waals surface area contributed by atoms with Gasteiger partial charge in [-0.3, -0.25) is 0 Å². The predicted molar refractivity (Wildman–Crippen MR) is 62.1 cm³/mol. The maximum Gasteiger partial charge on any atom is 0.256 e. The molecule has 1 aliphatic rings. The second kappa shape index (κ2) is 4.18. The largest absolute Gasteiger partial charge is 0.399 e. The van der Waals surface area contributed by atoms with Crippen molar-refractivity contribution in [1.29, 1.82) is 0 Å². The molecule has 17 heavy (non-hydrogen) atoms. The minimum atomic E-state index is -0.0370. The molecule has 2 heterocycles. The first-order valence-corrected chi connectivity index (χ1v) is 5.64. The zero-order chi connectivity index (χ0) is 11.7. The van der Waals surface area contributed by atoms with Gasteiger partial charge in [0.05, 0.1) is 0 Å². The summed E-state index contributed by atoms with van der Waals surface area (Å²) in [7, 11) is 0. The van der Waals surface area contributed by atoms with Crippen LogP contribution in [0.2, 0.25) is 0 Å². The van der Waals surface area contributed by atoms with Crippen LogP contribution in [-0.2, 0) is 4.74 Å². The quantitative estimate of drug-likeness (QED) is 0.802. The molecule has 1 aromatic carbocycles. The molecular weight excluding hydrogens is 218 g/mol. The highest BCUT2D eigenvalue weighted by molar-refractivity contribution is 5.57. The Morgan fingerprint density at radius 1 is 1.24 bits per heavy atom. The molecule has 0 aliphatic carbocycles. The molecule has 0 radical (unpaired) electrons. The van der Waals surface area contributed by atoms with E-state index < -0.39 is 0 Å². The standard InChI is InChI=1S/C12H13N3O2/c13-9-5-3-8(4-6-9)11-14-12(17-15-11)10-2-1-7-16-10/h3-6,10H,1-2,7,13H2. The van der Waals surface area contributed by atoms with Gasteiger partial charge in [-0.15, -0.1) is 0 Å². The van der Waals surface area contributed by atoms with Gasteiger partial charge < -0.3 is 15.0 Å². The van der Waals surface area contributed by atoms with Crippen molar-refractivity contribution in [1.82, 2.24) is 10.1 Å². The number of nitrogens with two attached hydrogens (primary N) is 1. The van der Waals surface area contributed by atoms with Crippen LogP contribution in [0, 0.1) is 0 Å². The number of nitrogens with zero attached hydrogens (tertiary/aromatic N) is 2. The lowest BCUT2D eigenvalue weighted by Gasteiger charge is -2.00. The van der Waals surface area contributed by atoms with Gasteiger partial charge in [-0.1, -0.05) is 5.16 Å². The maximum atomic E-state index is 5.63. The minimum Gasteiger partial charge on any atom is -0.399 e. The third-order valence-electron chi connectivity index (χ3n) is 2.82. The van der Waals surface area contributed by atoms with Crippen molar-refractivity contribution in [2.45, 2.75) is 18.9 Å². The highest BCUT2D eigenvalue weighted by Gasteiger charge is 2.24. The molecule has 88 valence electrons. The van der Waals surface area contributed by atoms with Gasteiger partial charge >= 0.3 is 0 Å². The fourth-order valence-electron chi connectivity index (χ4n) is 1.89. The predicted octanol–water partition coefficient (Wildman–Crippen LogP) is 2.17. The lowest BCUT2D eigenvalue weighted by Crippen LogP contribution is -1.95. The summed E-state index contributed by atoms with van der Waals surface area (Å²) in [5, 5.41) is 3.95. The van der Waals surface area contributed by atoms with Gasteiger partial charge in [0.1, 0.15) is 6.10 Å². The van der Waals surface area contributed by atoms with Crippen molar-refractivity contribution >= 4 is 5.69 Å². The number of ether oxygens (including phenoxy) is 1. The lowest BCUT2D eigenvalue weighted by molar-refractivity contribution is 0.0835. The Hall–Kier alpha value is -1.88. The van der Waals surface area contributed by atoms with Gasteiger partial charge in [-0.25, -0.2) is 0 Å². The summed E-state index contributed by atoms with van der Waals surface area (Å²) in [6, 6.07) is 7.38. The summed E-state index contributed by atoms with van der Waals surface area (Å²) in [6.07, 6.45) is 1.96. The van der Waals surface area contributed by atoms with Crippen LogP contribution < -0.4 is 5.73 Å². The molecule has 1 fully saturated rings. The monoisotopic (exact) mass is 231 g/mol. The molecule has 5 heteroatoms. The van der Waals surface area contributed by atoms with Gasteiger partial charge in [0.15, 0.2) is 0 Å². The first-order chi connectivity index (χ1) is 8.33. The summed E-state index contributed by atoms with van der Waals surface area (Å²) < 4.78 is 10.7. The third kappa shape index (κ3) is 2.01. The zero-order valence-corrected chi connectivity index (χ0v) is 9.30. The van der Waals surface area contributed by atoms with Crippen molar-refractivity contribution in [3.05, 3.63) is 30.2 Å². The number of aromatic nitrogens is 2. The van der Waals surface area contributed by atoms with E-state index in [1.54, 1.807) is 0 Å². The number of nitrogen functional groups attached to an aromatic ring is 1. The van der Waals surface area contributed by atoms with Crippen molar-refractivity contribution in [2.24, 2.45) is 0 Å². The normalized spacial score (nSPS) is 19.6. The highest BCUT2D eigenvalue weighted by atomic mass is 16.5. The molecule has 1 aromatic heterocycles. The lowest BCUT2D eigenvalue weighted by atomic mass is 10.2. The fraction of sp³-hybridized carbons (Fsp3) is 0.333. The van der Waals surface area contributed by atoms with Crippen molar-refractivity contribution in [3.8, 4) is 11.4 Å². The van der Waals surface area contributed by atoms with Gasteiger partial charge in [0.2, 0.25) is 5.82 Å². The Balaban J connectivity index is 1.86. The van der Waals surface area contributed by atoms with E-state index in [0.717, 1.165) is 30.7 Å². The first kappa shape index (κ1) is 10.3. The van der Waals surface area contributed by atoms with Crippen molar-refractivity contribution < 1.29 is 9.26 Å². The van der Waals surface area contributed by atoms with Crippen LogP contribution in [0.5, 0.6) is 0 Å². The molecule has 0 bridgehead atoms. The SMILES string of the molecule is Nc1ccc(-c2noc(C3CCCO3)n2)cc1. The molecule has 1 atom stereocenters. The third-order valence-corrected chi connectivity index (χ3v) is 2.82. The maximum absolute atomic E-state index is 5.63. The Morgan fingerprint density at radius 2 is 2.06 bits per heavy atom. The molecule has 1 aliphatic heterocycles. The summed E-state index contributed by atoms with van der Waals surface area (Å²) >= 11 is 0. The Morgan fingerprint density at radius 3 is 2.76 bits per heavy atom. The summed E-state index contributed by atoms with van der Waals surface area (Å²) in [6.45, 7) is 0.768. The van der Waals surface area contributed by atoms with E-state index in [1.807, 2.05) is 24.3 Å². The van der Waals surface area contributed by atoms with Crippen LogP contribution in [-0.4, -0.2) is 16.7 Å². The van der Waals surface area contributed by atoms with Crippen LogP contribution in [0.4, 0.5) is 5.69 Å². The van der Waals surface area contributed by atoms with E-state index in [4.69, 9.17) is 15.0 Å². The summed E-state index contributed by atoms with van der Waals surface area (Å²) in [5.74, 6) is 1.14. The second-order valence-electron chi connectivity index (χ2n) is 4.08. The molecule has 3 rings (SSSR count). The minimum absolute atomic E-state index is 0.0370. The van der Waals surface area contributed by atoms with E-state index in [0.29, 0.717) is 11.7 Å². The van der Waals surface area contributed by atoms with E-state index in [9.17, 15) is 0 Å². The highest BCUT2D eigenvalue weighted by Crippen LogP contribution is 2.28. The molecular formula is C12H13N3O2. The molecule has 0 saturated carbocycles. The number of benzene rings is 1. The van der Waals surface area contributed by atoms with Crippen LogP contribution >= 0.6 is 0 Å². The fourth-order valence-corrected chi connectivity index (χ4v) is 1.89. The number of hydrogen-bond acceptors (Lipinski definition) is 5. The first-order valence-electron chi connectivity index (χ1n) is 5.64. The number of hydrogen-bond donors (Lipinski definition) is 1. The number of anilines is 1. The van der Waals surface area contributed by atoms with Gasteiger partial charge in [0, 0.05) is 17.9 Å². The Bertz CT molecular complexity index is 501. The van der Waals surface area contributed by atoms with E-state index in [2.05, 4.69) is 10.1 Å². The average molecular weight is 231 g/mol. The molecule has 2 N–H and O–H groups in total. The number of rotatable bonds is 2. The Kier molecular flexibility index (Phi) is 2.53. The average Bonchev–Trinajstić information content (AvgIpc) is 3.00. The van der Waals surface area contributed by atoms with Crippen LogP contribution in [0.15, 0.2) is 28.8 Å². The topological polar surface area (TPSA) is 74.2 Å². The van der Waals surface area contributed by atoms with Crippen LogP contribution in [0.3, 0.4) is 0 Å².